The summed E-state index contributed by atoms with van der Waals surface area (Å²) in [4.78, 5) is 17.1. The first kappa shape index (κ1) is 19.3. The molecule has 1 aromatic heterocycles. The summed E-state index contributed by atoms with van der Waals surface area (Å²) in [7, 11) is 1.67. The third-order valence-electron chi connectivity index (χ3n) is 5.14. The number of hydrogen-bond donors (Lipinski definition) is 0. The number of carbonyl (C=O) groups is 1. The third kappa shape index (κ3) is 3.78. The van der Waals surface area contributed by atoms with Crippen LogP contribution < -0.4 is 9.64 Å². The molecule has 0 radical (unpaired) electrons. The van der Waals surface area contributed by atoms with Crippen molar-refractivity contribution in [1.29, 1.82) is 0 Å². The first-order chi connectivity index (χ1) is 14.1. The SMILES string of the molecule is COc1ccccc1N1CCN(C(=O)c2nnn(-c3cccc(Cl)c3)c2C)CC1. The van der Waals surface area contributed by atoms with Gasteiger partial charge >= 0.3 is 0 Å². The molecule has 1 aliphatic heterocycles. The van der Waals surface area contributed by atoms with E-state index in [1.54, 1.807) is 23.9 Å². The molecule has 0 aliphatic carbocycles. The van der Waals surface area contributed by atoms with E-state index in [9.17, 15) is 4.79 Å². The number of methoxy groups -OCH3 is 1. The molecule has 0 spiro atoms. The van der Waals surface area contributed by atoms with Gasteiger partial charge in [0.15, 0.2) is 5.69 Å². The summed E-state index contributed by atoms with van der Waals surface area (Å²) in [6, 6.07) is 15.3. The molecule has 29 heavy (non-hydrogen) atoms. The fourth-order valence-corrected chi connectivity index (χ4v) is 3.76. The van der Waals surface area contributed by atoms with Crippen molar-refractivity contribution in [1.82, 2.24) is 19.9 Å². The zero-order chi connectivity index (χ0) is 20.4. The predicted octanol–water partition coefficient (Wildman–Crippen LogP) is 3.20. The Hall–Kier alpha value is -3.06. The highest BCUT2D eigenvalue weighted by Gasteiger charge is 2.27. The zero-order valence-corrected chi connectivity index (χ0v) is 17.1. The summed E-state index contributed by atoms with van der Waals surface area (Å²) >= 11 is 6.07. The van der Waals surface area contributed by atoms with E-state index in [1.165, 1.54) is 0 Å². The lowest BCUT2D eigenvalue weighted by Gasteiger charge is -2.36. The van der Waals surface area contributed by atoms with Crippen molar-refractivity contribution in [3.8, 4) is 11.4 Å². The van der Waals surface area contributed by atoms with Gasteiger partial charge in [-0.25, -0.2) is 4.68 Å². The molecule has 150 valence electrons. The lowest BCUT2D eigenvalue weighted by molar-refractivity contribution is 0.0740. The van der Waals surface area contributed by atoms with Crippen LogP contribution in [0.4, 0.5) is 5.69 Å². The van der Waals surface area contributed by atoms with E-state index in [0.29, 0.717) is 29.5 Å². The fraction of sp³-hybridized carbons (Fsp3) is 0.286. The summed E-state index contributed by atoms with van der Waals surface area (Å²) in [5, 5.41) is 8.92. The quantitative estimate of drug-likeness (QED) is 0.659. The van der Waals surface area contributed by atoms with Gasteiger partial charge in [0.25, 0.3) is 5.91 Å². The van der Waals surface area contributed by atoms with Gasteiger partial charge in [-0.2, -0.15) is 0 Å². The van der Waals surface area contributed by atoms with Crippen LogP contribution in [0.25, 0.3) is 5.69 Å². The first-order valence-electron chi connectivity index (χ1n) is 9.44. The van der Waals surface area contributed by atoms with Gasteiger partial charge < -0.3 is 14.5 Å². The van der Waals surface area contributed by atoms with Crippen molar-refractivity contribution >= 4 is 23.2 Å². The van der Waals surface area contributed by atoms with E-state index < -0.39 is 0 Å². The number of piperazine rings is 1. The van der Waals surface area contributed by atoms with Crippen LogP contribution in [-0.4, -0.2) is 59.1 Å². The van der Waals surface area contributed by atoms with Gasteiger partial charge in [-0.05, 0) is 37.3 Å². The number of rotatable bonds is 4. The third-order valence-corrected chi connectivity index (χ3v) is 5.38. The maximum atomic E-state index is 13.0. The van der Waals surface area contributed by atoms with Gasteiger partial charge in [0.05, 0.1) is 24.2 Å². The molecule has 0 bridgehead atoms. The standard InChI is InChI=1S/C21H22ClN5O2/c1-15-20(23-24-27(15)17-7-5-6-16(22)14-17)21(28)26-12-10-25(11-13-26)18-8-3-4-9-19(18)29-2/h3-9,14H,10-13H2,1-2H3. The summed E-state index contributed by atoms with van der Waals surface area (Å²) < 4.78 is 7.10. The van der Waals surface area contributed by atoms with E-state index in [2.05, 4.69) is 15.2 Å². The minimum atomic E-state index is -0.101. The van der Waals surface area contributed by atoms with Crippen LogP contribution in [0.3, 0.4) is 0 Å². The van der Waals surface area contributed by atoms with Gasteiger partial charge in [0.1, 0.15) is 5.75 Å². The van der Waals surface area contributed by atoms with Gasteiger partial charge in [-0.3, -0.25) is 4.79 Å². The monoisotopic (exact) mass is 411 g/mol. The smallest absolute Gasteiger partial charge is 0.276 e. The van der Waals surface area contributed by atoms with Gasteiger partial charge in [0.2, 0.25) is 0 Å². The van der Waals surface area contributed by atoms with Crippen LogP contribution in [0, 0.1) is 6.92 Å². The molecule has 2 heterocycles. The van der Waals surface area contributed by atoms with Crippen molar-refractivity contribution in [3.63, 3.8) is 0 Å². The van der Waals surface area contributed by atoms with Crippen LogP contribution in [0.5, 0.6) is 5.75 Å². The Bertz CT molecular complexity index is 1030. The topological polar surface area (TPSA) is 63.5 Å². The van der Waals surface area contributed by atoms with E-state index in [-0.39, 0.29) is 5.91 Å². The number of aromatic nitrogens is 3. The zero-order valence-electron chi connectivity index (χ0n) is 16.4. The van der Waals surface area contributed by atoms with Crippen molar-refractivity contribution in [3.05, 3.63) is 64.9 Å². The van der Waals surface area contributed by atoms with Gasteiger partial charge in [-0.1, -0.05) is 35.0 Å². The van der Waals surface area contributed by atoms with Crippen LogP contribution >= 0.6 is 11.6 Å². The minimum Gasteiger partial charge on any atom is -0.495 e. The minimum absolute atomic E-state index is 0.101. The van der Waals surface area contributed by atoms with Crippen molar-refractivity contribution < 1.29 is 9.53 Å². The molecule has 0 saturated carbocycles. The van der Waals surface area contributed by atoms with Gasteiger partial charge in [0, 0.05) is 31.2 Å². The molecular formula is C21H22ClN5O2. The molecule has 1 aliphatic rings. The maximum Gasteiger partial charge on any atom is 0.276 e. The number of carbonyl (C=O) groups excluding carboxylic acids is 1. The lowest BCUT2D eigenvalue weighted by Crippen LogP contribution is -2.49. The first-order valence-corrected chi connectivity index (χ1v) is 9.82. The molecule has 7 nitrogen and oxygen atoms in total. The molecule has 1 saturated heterocycles. The average molecular weight is 412 g/mol. The number of hydrogen-bond acceptors (Lipinski definition) is 5. The van der Waals surface area contributed by atoms with Crippen LogP contribution in [0.2, 0.25) is 5.02 Å². The van der Waals surface area contributed by atoms with Crippen LogP contribution in [-0.2, 0) is 0 Å². The lowest BCUT2D eigenvalue weighted by atomic mass is 10.2. The number of ether oxygens (including phenoxy) is 1. The Labute approximate surface area is 174 Å². The molecule has 0 atom stereocenters. The Balaban J connectivity index is 1.48. The molecule has 2 aromatic carbocycles. The normalized spacial score (nSPS) is 14.2. The van der Waals surface area contributed by atoms with E-state index >= 15 is 0 Å². The second-order valence-electron chi connectivity index (χ2n) is 6.87. The second-order valence-corrected chi connectivity index (χ2v) is 7.30. The summed E-state index contributed by atoms with van der Waals surface area (Å²) in [5.74, 6) is 0.739. The van der Waals surface area contributed by atoms with E-state index in [4.69, 9.17) is 16.3 Å². The Kier molecular flexibility index (Phi) is 5.40. The summed E-state index contributed by atoms with van der Waals surface area (Å²) in [5.41, 5.74) is 2.90. The molecular weight excluding hydrogens is 390 g/mol. The predicted molar refractivity (Wildman–Crippen MR) is 112 cm³/mol. The maximum absolute atomic E-state index is 13.0. The number of amides is 1. The largest absolute Gasteiger partial charge is 0.495 e. The van der Waals surface area contributed by atoms with Crippen LogP contribution in [0.1, 0.15) is 16.2 Å². The van der Waals surface area contributed by atoms with Crippen molar-refractivity contribution in [2.24, 2.45) is 0 Å². The fourth-order valence-electron chi connectivity index (χ4n) is 3.57. The second kappa shape index (κ2) is 8.13. The number of benzene rings is 2. The Morgan fingerprint density at radius 3 is 2.55 bits per heavy atom. The Morgan fingerprint density at radius 2 is 1.83 bits per heavy atom. The number of nitrogens with zero attached hydrogens (tertiary/aromatic N) is 5. The molecule has 0 N–H and O–H groups in total. The number of anilines is 1. The van der Waals surface area contributed by atoms with Gasteiger partial charge in [-0.15, -0.1) is 5.10 Å². The van der Waals surface area contributed by atoms with E-state index in [1.807, 2.05) is 48.2 Å². The number of para-hydroxylation sites is 2. The molecule has 4 rings (SSSR count). The average Bonchev–Trinajstić information content (AvgIpc) is 3.14. The van der Waals surface area contributed by atoms with Crippen LogP contribution in [0.15, 0.2) is 48.5 Å². The molecule has 1 amide bonds. The molecule has 0 unspecified atom stereocenters. The molecule has 1 fully saturated rings. The highest BCUT2D eigenvalue weighted by Crippen LogP contribution is 2.28. The highest BCUT2D eigenvalue weighted by molar-refractivity contribution is 6.30. The highest BCUT2D eigenvalue weighted by atomic mass is 35.5. The molecule has 3 aromatic rings. The summed E-state index contributed by atoms with van der Waals surface area (Å²) in [6.45, 7) is 4.53. The van der Waals surface area contributed by atoms with E-state index in [0.717, 1.165) is 30.2 Å². The number of halogens is 1. The summed E-state index contributed by atoms with van der Waals surface area (Å²) in [6.07, 6.45) is 0. The molecule has 8 heteroatoms. The van der Waals surface area contributed by atoms with Crippen molar-refractivity contribution in [2.75, 3.05) is 38.2 Å². The Morgan fingerprint density at radius 1 is 1.07 bits per heavy atom. The van der Waals surface area contributed by atoms with Crippen molar-refractivity contribution in [2.45, 2.75) is 6.92 Å².